The van der Waals surface area contributed by atoms with Gasteiger partial charge in [-0.1, -0.05) is 55.3 Å². The standard InChI is InChI=1S/C28H30N4O2/c1-31-19-23(18-30-31)21-12-10-20(11-13-21)17-29-25-7-3-2-6-24(25)22-14-15-32(28(34)16-22)26-8-4-5-9-27(26)33/h2-3,6-7,10-16,18-19,26-27,29,33H,4-5,8-9,17H2,1H3/t26-,27-/m0/s1. The van der Waals surface area contributed by atoms with Crippen LogP contribution in [0.25, 0.3) is 22.3 Å². The summed E-state index contributed by atoms with van der Waals surface area (Å²) < 4.78 is 3.50. The van der Waals surface area contributed by atoms with Crippen molar-refractivity contribution in [1.82, 2.24) is 14.3 Å². The summed E-state index contributed by atoms with van der Waals surface area (Å²) in [4.78, 5) is 12.9. The summed E-state index contributed by atoms with van der Waals surface area (Å²) in [6, 6.07) is 20.0. The third-order valence-electron chi connectivity index (χ3n) is 6.71. The van der Waals surface area contributed by atoms with Crippen molar-refractivity contribution < 1.29 is 5.11 Å². The van der Waals surface area contributed by atoms with E-state index in [2.05, 4.69) is 34.7 Å². The zero-order valence-corrected chi connectivity index (χ0v) is 19.4. The van der Waals surface area contributed by atoms with Gasteiger partial charge in [-0.3, -0.25) is 9.48 Å². The Morgan fingerprint density at radius 2 is 1.79 bits per heavy atom. The van der Waals surface area contributed by atoms with Gasteiger partial charge in [0.05, 0.1) is 18.3 Å². The predicted molar refractivity (Wildman–Crippen MR) is 136 cm³/mol. The average Bonchev–Trinajstić information content (AvgIpc) is 3.30. The van der Waals surface area contributed by atoms with Crippen LogP contribution in [0.15, 0.2) is 84.0 Å². The fourth-order valence-electron chi connectivity index (χ4n) is 4.82. The van der Waals surface area contributed by atoms with Crippen LogP contribution in [-0.2, 0) is 13.6 Å². The number of pyridine rings is 1. The monoisotopic (exact) mass is 454 g/mol. The van der Waals surface area contributed by atoms with Crippen molar-refractivity contribution in [3.8, 4) is 22.3 Å². The van der Waals surface area contributed by atoms with Crippen molar-refractivity contribution in [2.24, 2.45) is 7.05 Å². The van der Waals surface area contributed by atoms with E-state index in [9.17, 15) is 9.90 Å². The van der Waals surface area contributed by atoms with Gasteiger partial charge in [-0.15, -0.1) is 0 Å². The van der Waals surface area contributed by atoms with Gasteiger partial charge >= 0.3 is 0 Å². The van der Waals surface area contributed by atoms with Crippen LogP contribution in [0.4, 0.5) is 5.69 Å². The SMILES string of the molecule is Cn1cc(-c2ccc(CNc3ccccc3-c3ccn([C@H]4CCCC[C@@H]4O)c(=O)c3)cc2)cn1. The molecule has 6 nitrogen and oxygen atoms in total. The van der Waals surface area contributed by atoms with Gasteiger partial charge in [-0.25, -0.2) is 0 Å². The van der Waals surface area contributed by atoms with Gasteiger partial charge in [0.2, 0.25) is 0 Å². The molecule has 2 N–H and O–H groups in total. The first-order valence-corrected chi connectivity index (χ1v) is 11.9. The number of rotatable bonds is 6. The Kier molecular flexibility index (Phi) is 6.32. The molecule has 0 saturated heterocycles. The number of benzene rings is 2. The molecule has 2 aromatic heterocycles. The second-order valence-electron chi connectivity index (χ2n) is 9.08. The van der Waals surface area contributed by atoms with Crippen LogP contribution in [0.3, 0.4) is 0 Å². The normalized spacial score (nSPS) is 18.1. The molecule has 1 aliphatic carbocycles. The summed E-state index contributed by atoms with van der Waals surface area (Å²) in [5.74, 6) is 0. The summed E-state index contributed by atoms with van der Waals surface area (Å²) in [6.07, 6.45) is 8.94. The molecule has 2 heterocycles. The fourth-order valence-corrected chi connectivity index (χ4v) is 4.82. The molecule has 2 atom stereocenters. The molecule has 0 radical (unpaired) electrons. The van der Waals surface area contributed by atoms with Gasteiger partial charge < -0.3 is 15.0 Å². The molecule has 174 valence electrons. The summed E-state index contributed by atoms with van der Waals surface area (Å²) >= 11 is 0. The Balaban J connectivity index is 1.33. The first kappa shape index (κ1) is 22.2. The van der Waals surface area contributed by atoms with Crippen molar-refractivity contribution in [3.63, 3.8) is 0 Å². The maximum Gasteiger partial charge on any atom is 0.251 e. The summed E-state index contributed by atoms with van der Waals surface area (Å²) in [5.41, 5.74) is 6.19. The van der Waals surface area contributed by atoms with E-state index in [1.54, 1.807) is 15.3 Å². The highest BCUT2D eigenvalue weighted by molar-refractivity contribution is 5.77. The van der Waals surface area contributed by atoms with Crippen molar-refractivity contribution in [1.29, 1.82) is 0 Å². The molecule has 0 unspecified atom stereocenters. The molecule has 2 aromatic carbocycles. The number of aliphatic hydroxyl groups is 1. The maximum absolute atomic E-state index is 12.9. The minimum atomic E-state index is -0.448. The second kappa shape index (κ2) is 9.69. The maximum atomic E-state index is 12.9. The zero-order valence-electron chi connectivity index (χ0n) is 19.4. The van der Waals surface area contributed by atoms with Gasteiger partial charge in [0.15, 0.2) is 0 Å². The Labute approximate surface area is 199 Å². The molecule has 5 rings (SSSR count). The topological polar surface area (TPSA) is 72.1 Å². The molecule has 0 aliphatic heterocycles. The molecule has 6 heteroatoms. The first-order valence-electron chi connectivity index (χ1n) is 11.9. The lowest BCUT2D eigenvalue weighted by Crippen LogP contribution is -2.34. The molecule has 1 aliphatic rings. The molecular weight excluding hydrogens is 424 g/mol. The van der Waals surface area contributed by atoms with E-state index < -0.39 is 6.10 Å². The van der Waals surface area contributed by atoms with E-state index in [-0.39, 0.29) is 11.6 Å². The lowest BCUT2D eigenvalue weighted by molar-refractivity contribution is 0.0738. The smallest absolute Gasteiger partial charge is 0.251 e. The lowest BCUT2D eigenvalue weighted by atomic mass is 9.92. The third-order valence-corrected chi connectivity index (χ3v) is 6.71. The summed E-state index contributed by atoms with van der Waals surface area (Å²) in [6.45, 7) is 0.676. The number of hydrogen-bond donors (Lipinski definition) is 2. The lowest BCUT2D eigenvalue weighted by Gasteiger charge is -2.29. The molecule has 1 fully saturated rings. The van der Waals surface area contributed by atoms with Gasteiger partial charge in [0.1, 0.15) is 0 Å². The van der Waals surface area contributed by atoms with Crippen LogP contribution >= 0.6 is 0 Å². The molecule has 0 spiro atoms. The highest BCUT2D eigenvalue weighted by atomic mass is 16.3. The molecule has 0 bridgehead atoms. The number of aromatic nitrogens is 3. The van der Waals surface area contributed by atoms with Crippen molar-refractivity contribution in [2.45, 2.75) is 44.4 Å². The van der Waals surface area contributed by atoms with Gasteiger partial charge in [-0.2, -0.15) is 5.10 Å². The Morgan fingerprint density at radius 1 is 1.00 bits per heavy atom. The van der Waals surface area contributed by atoms with Crippen LogP contribution in [0.1, 0.15) is 37.3 Å². The third kappa shape index (κ3) is 4.68. The highest BCUT2D eigenvalue weighted by Crippen LogP contribution is 2.30. The number of aliphatic hydroxyl groups excluding tert-OH is 1. The molecule has 34 heavy (non-hydrogen) atoms. The minimum absolute atomic E-state index is 0.0655. The van der Waals surface area contributed by atoms with E-state index >= 15 is 0 Å². The molecule has 0 amide bonds. The Morgan fingerprint density at radius 3 is 2.53 bits per heavy atom. The van der Waals surface area contributed by atoms with Gasteiger partial charge in [0, 0.05) is 48.9 Å². The number of hydrogen-bond acceptors (Lipinski definition) is 4. The highest BCUT2D eigenvalue weighted by Gasteiger charge is 2.25. The molecule has 1 saturated carbocycles. The van der Waals surface area contributed by atoms with Crippen LogP contribution in [0, 0.1) is 0 Å². The largest absolute Gasteiger partial charge is 0.391 e. The van der Waals surface area contributed by atoms with E-state index in [1.807, 2.05) is 56.0 Å². The quantitative estimate of drug-likeness (QED) is 0.430. The predicted octanol–water partition coefficient (Wildman–Crippen LogP) is 5.00. The van der Waals surface area contributed by atoms with E-state index in [1.165, 1.54) is 5.56 Å². The van der Waals surface area contributed by atoms with Crippen LogP contribution in [-0.4, -0.2) is 25.6 Å². The average molecular weight is 455 g/mol. The summed E-state index contributed by atoms with van der Waals surface area (Å²) in [7, 11) is 1.92. The van der Waals surface area contributed by atoms with Gasteiger partial charge in [-0.05, 0) is 41.7 Å². The fraction of sp³-hybridized carbons (Fsp3) is 0.286. The van der Waals surface area contributed by atoms with Gasteiger partial charge in [0.25, 0.3) is 5.56 Å². The first-order chi connectivity index (χ1) is 16.6. The van der Waals surface area contributed by atoms with Crippen molar-refractivity contribution in [3.05, 3.63) is 95.2 Å². The summed E-state index contributed by atoms with van der Waals surface area (Å²) in [5, 5.41) is 18.1. The van der Waals surface area contributed by atoms with Crippen LogP contribution in [0.5, 0.6) is 0 Å². The second-order valence-corrected chi connectivity index (χ2v) is 9.08. The molecular formula is C28H30N4O2. The Bertz CT molecular complexity index is 1320. The number of nitrogens with zero attached hydrogens (tertiary/aromatic N) is 3. The zero-order chi connectivity index (χ0) is 23.5. The van der Waals surface area contributed by atoms with Crippen molar-refractivity contribution in [2.75, 3.05) is 5.32 Å². The number of nitrogens with one attached hydrogen (secondary N) is 1. The van der Waals surface area contributed by atoms with Crippen molar-refractivity contribution >= 4 is 5.69 Å². The minimum Gasteiger partial charge on any atom is -0.391 e. The molecule has 4 aromatic rings. The van der Waals surface area contributed by atoms with Crippen LogP contribution < -0.4 is 10.9 Å². The Hall–Kier alpha value is -3.64. The number of anilines is 1. The van der Waals surface area contributed by atoms with E-state index in [0.29, 0.717) is 6.54 Å². The van der Waals surface area contributed by atoms with E-state index in [4.69, 9.17) is 0 Å². The van der Waals surface area contributed by atoms with E-state index in [0.717, 1.165) is 53.6 Å². The van der Waals surface area contributed by atoms with Crippen LogP contribution in [0.2, 0.25) is 0 Å². The number of para-hydroxylation sites is 1. The number of aryl methyl sites for hydroxylation is 1.